The van der Waals surface area contributed by atoms with Crippen LogP contribution >= 0.6 is 15.9 Å². The first-order chi connectivity index (χ1) is 7.43. The Morgan fingerprint density at radius 2 is 2.06 bits per heavy atom. The van der Waals surface area contributed by atoms with E-state index in [1.807, 2.05) is 0 Å². The van der Waals surface area contributed by atoms with Crippen LogP contribution in [0, 0.1) is 6.92 Å². The molecule has 0 amide bonds. The predicted octanol–water partition coefficient (Wildman–Crippen LogP) is 3.62. The lowest BCUT2D eigenvalue weighted by atomic mass is 10.0. The maximum Gasteiger partial charge on any atom is 0.387 e. The number of hydrogen-bond donors (Lipinski definition) is 0. The lowest BCUT2D eigenvalue weighted by molar-refractivity contribution is -0.116. The van der Waals surface area contributed by atoms with Gasteiger partial charge in [-0.2, -0.15) is 8.78 Å². The molecule has 0 aliphatic carbocycles. The minimum absolute atomic E-state index is 0.0343. The van der Waals surface area contributed by atoms with Crippen LogP contribution < -0.4 is 4.74 Å². The summed E-state index contributed by atoms with van der Waals surface area (Å²) in [4.78, 5) is 10.6. The molecule has 1 rings (SSSR count). The summed E-state index contributed by atoms with van der Waals surface area (Å²) in [6, 6.07) is 4.77. The van der Waals surface area contributed by atoms with Crippen molar-refractivity contribution in [3.63, 3.8) is 0 Å². The van der Waals surface area contributed by atoms with E-state index in [1.54, 1.807) is 19.1 Å². The number of rotatable bonds is 4. The first-order valence-corrected chi connectivity index (χ1v) is 5.54. The maximum atomic E-state index is 12.2. The molecule has 0 N–H and O–H groups in total. The van der Waals surface area contributed by atoms with E-state index in [-0.39, 0.29) is 11.5 Å². The van der Waals surface area contributed by atoms with Crippen molar-refractivity contribution in [1.82, 2.24) is 0 Å². The fourth-order valence-electron chi connectivity index (χ4n) is 1.38. The van der Waals surface area contributed by atoms with Gasteiger partial charge in [0.2, 0.25) is 0 Å². The predicted molar refractivity (Wildman–Crippen MR) is 60.2 cm³/mol. The van der Waals surface area contributed by atoms with E-state index in [4.69, 9.17) is 0 Å². The highest BCUT2D eigenvalue weighted by molar-refractivity contribution is 9.09. The van der Waals surface area contributed by atoms with Crippen molar-refractivity contribution in [3.8, 4) is 5.75 Å². The van der Waals surface area contributed by atoms with E-state index in [2.05, 4.69) is 20.7 Å². The van der Waals surface area contributed by atoms with Crippen LogP contribution in [0.25, 0.3) is 0 Å². The summed E-state index contributed by atoms with van der Waals surface area (Å²) in [6.07, 6.45) is 0. The number of aryl methyl sites for hydroxylation is 1. The van der Waals surface area contributed by atoms with Crippen LogP contribution in [0.3, 0.4) is 0 Å². The summed E-state index contributed by atoms with van der Waals surface area (Å²) in [5.41, 5.74) is 1.19. The number of benzene rings is 1. The molecule has 0 heterocycles. The van der Waals surface area contributed by atoms with Gasteiger partial charge >= 0.3 is 6.61 Å². The summed E-state index contributed by atoms with van der Waals surface area (Å²) in [6.45, 7) is 0.232. The zero-order valence-electron chi connectivity index (χ0n) is 8.84. The van der Waals surface area contributed by atoms with E-state index in [0.29, 0.717) is 5.56 Å². The highest BCUT2D eigenvalue weighted by Gasteiger charge is 2.21. The molecular formula is C11H11BrF2O2. The molecule has 1 aromatic rings. The molecule has 0 radical (unpaired) electrons. The monoisotopic (exact) mass is 292 g/mol. The average molecular weight is 293 g/mol. The van der Waals surface area contributed by atoms with Crippen LogP contribution in [0.15, 0.2) is 18.2 Å². The average Bonchev–Trinajstić information content (AvgIpc) is 2.16. The second-order valence-electron chi connectivity index (χ2n) is 3.34. The van der Waals surface area contributed by atoms with Crippen molar-refractivity contribution in [2.45, 2.75) is 25.3 Å². The molecule has 0 saturated heterocycles. The number of ketones is 1. The van der Waals surface area contributed by atoms with Crippen LogP contribution in [-0.2, 0) is 4.79 Å². The summed E-state index contributed by atoms with van der Waals surface area (Å²) in [5.74, 6) is -0.125. The van der Waals surface area contributed by atoms with Gasteiger partial charge in [-0.1, -0.05) is 28.1 Å². The molecule has 0 fully saturated rings. The smallest absolute Gasteiger partial charge is 0.387 e. The molecule has 0 bridgehead atoms. The Kier molecular flexibility index (Phi) is 4.41. The van der Waals surface area contributed by atoms with Crippen molar-refractivity contribution in [1.29, 1.82) is 0 Å². The van der Waals surface area contributed by atoms with Gasteiger partial charge in [-0.05, 0) is 25.5 Å². The molecule has 0 spiro atoms. The Bertz CT molecular complexity index is 394. The zero-order valence-corrected chi connectivity index (χ0v) is 10.4. The molecule has 1 unspecified atom stereocenters. The van der Waals surface area contributed by atoms with Crippen LogP contribution in [-0.4, -0.2) is 12.4 Å². The first kappa shape index (κ1) is 13.1. The van der Waals surface area contributed by atoms with Crippen molar-refractivity contribution >= 4 is 21.7 Å². The molecule has 0 saturated carbocycles. The van der Waals surface area contributed by atoms with Gasteiger partial charge in [0, 0.05) is 5.56 Å². The molecular weight excluding hydrogens is 282 g/mol. The third-order valence-corrected chi connectivity index (χ3v) is 3.21. The minimum Gasteiger partial charge on any atom is -0.434 e. The van der Waals surface area contributed by atoms with Crippen molar-refractivity contribution in [2.75, 3.05) is 0 Å². The fraction of sp³-hybridized carbons (Fsp3) is 0.364. The quantitative estimate of drug-likeness (QED) is 0.792. The Balaban J connectivity index is 3.17. The van der Waals surface area contributed by atoms with Crippen LogP contribution in [0.5, 0.6) is 5.75 Å². The Labute approximate surface area is 101 Å². The normalized spacial score (nSPS) is 12.6. The van der Waals surface area contributed by atoms with E-state index in [9.17, 15) is 13.6 Å². The second kappa shape index (κ2) is 5.39. The molecule has 1 atom stereocenters. The summed E-state index contributed by atoms with van der Waals surface area (Å²) in [7, 11) is 0. The van der Waals surface area contributed by atoms with Crippen molar-refractivity contribution < 1.29 is 18.3 Å². The van der Waals surface area contributed by atoms with Crippen LogP contribution in [0.1, 0.15) is 22.9 Å². The van der Waals surface area contributed by atoms with E-state index < -0.39 is 11.4 Å². The number of alkyl halides is 3. The highest BCUT2D eigenvalue weighted by Crippen LogP contribution is 2.35. The number of halogens is 3. The van der Waals surface area contributed by atoms with Gasteiger partial charge in [0.25, 0.3) is 0 Å². The summed E-state index contributed by atoms with van der Waals surface area (Å²) < 4.78 is 28.7. The largest absolute Gasteiger partial charge is 0.434 e. The van der Waals surface area contributed by atoms with Gasteiger partial charge in [0.05, 0.1) is 0 Å². The van der Waals surface area contributed by atoms with Gasteiger partial charge in [-0.15, -0.1) is 0 Å². The summed E-state index contributed by atoms with van der Waals surface area (Å²) >= 11 is 3.17. The van der Waals surface area contributed by atoms with Crippen molar-refractivity contribution in [2.24, 2.45) is 0 Å². The Morgan fingerprint density at radius 3 is 2.56 bits per heavy atom. The topological polar surface area (TPSA) is 26.3 Å². The Morgan fingerprint density at radius 1 is 1.44 bits per heavy atom. The third kappa shape index (κ3) is 3.01. The molecule has 5 heteroatoms. The van der Waals surface area contributed by atoms with Gasteiger partial charge in [0.1, 0.15) is 16.4 Å². The van der Waals surface area contributed by atoms with Crippen LogP contribution in [0.2, 0.25) is 0 Å². The molecule has 1 aromatic carbocycles. The third-order valence-electron chi connectivity index (χ3n) is 2.11. The number of ether oxygens (including phenoxy) is 1. The molecule has 16 heavy (non-hydrogen) atoms. The molecule has 0 aliphatic heterocycles. The minimum atomic E-state index is -2.90. The van der Waals surface area contributed by atoms with Gasteiger partial charge in [-0.25, -0.2) is 0 Å². The molecule has 88 valence electrons. The van der Waals surface area contributed by atoms with E-state index >= 15 is 0 Å². The van der Waals surface area contributed by atoms with E-state index in [1.165, 1.54) is 13.0 Å². The number of carbonyl (C=O) groups excluding carboxylic acids is 1. The number of carbonyl (C=O) groups is 1. The van der Waals surface area contributed by atoms with Crippen molar-refractivity contribution in [3.05, 3.63) is 29.3 Å². The van der Waals surface area contributed by atoms with Gasteiger partial charge < -0.3 is 4.74 Å². The second-order valence-corrected chi connectivity index (χ2v) is 4.25. The SMILES string of the molecule is CC(=O)C(Br)c1c(C)cccc1OC(F)F. The molecule has 2 nitrogen and oxygen atoms in total. The zero-order chi connectivity index (χ0) is 12.3. The van der Waals surface area contributed by atoms with Crippen LogP contribution in [0.4, 0.5) is 8.78 Å². The highest BCUT2D eigenvalue weighted by atomic mass is 79.9. The standard InChI is InChI=1S/C11H11BrF2O2/c1-6-4-3-5-8(16-11(13)14)9(6)10(12)7(2)15/h3-5,10-11H,1-2H3. The summed E-state index contributed by atoms with van der Waals surface area (Å²) in [5, 5.41) is 0. The number of hydrogen-bond acceptors (Lipinski definition) is 2. The molecule has 0 aliphatic rings. The maximum absolute atomic E-state index is 12.2. The number of Topliss-reactive ketones (excluding diaryl/α,β-unsaturated/α-hetero) is 1. The van der Waals surface area contributed by atoms with E-state index in [0.717, 1.165) is 5.56 Å². The lowest BCUT2D eigenvalue weighted by Gasteiger charge is -2.15. The van der Waals surface area contributed by atoms with Gasteiger partial charge in [0.15, 0.2) is 0 Å². The lowest BCUT2D eigenvalue weighted by Crippen LogP contribution is -2.09. The Hall–Kier alpha value is -0.970. The van der Waals surface area contributed by atoms with Gasteiger partial charge in [-0.3, -0.25) is 4.79 Å². The molecule has 0 aromatic heterocycles. The first-order valence-electron chi connectivity index (χ1n) is 4.62. The fourth-order valence-corrected chi connectivity index (χ4v) is 1.97.